The van der Waals surface area contributed by atoms with Gasteiger partial charge >= 0.3 is 12.1 Å². The molecule has 10 heteroatoms. The van der Waals surface area contributed by atoms with Crippen LogP contribution in [0, 0.1) is 0 Å². The van der Waals surface area contributed by atoms with Crippen molar-refractivity contribution in [3.05, 3.63) is 88.6 Å². The van der Waals surface area contributed by atoms with Gasteiger partial charge in [0.2, 0.25) is 5.76 Å². The van der Waals surface area contributed by atoms with Crippen molar-refractivity contribution < 1.29 is 37.0 Å². The number of aliphatic carboxylic acids is 1. The molecule has 2 N–H and O–H groups in total. The van der Waals surface area contributed by atoms with Crippen LogP contribution in [0.5, 0.6) is 5.75 Å². The molecule has 180 valence electrons. The summed E-state index contributed by atoms with van der Waals surface area (Å²) in [5.74, 6) is -3.23. The third-order valence-corrected chi connectivity index (χ3v) is 5.39. The molecule has 0 atom stereocenters. The van der Waals surface area contributed by atoms with Crippen molar-refractivity contribution in [2.45, 2.75) is 12.7 Å². The maximum Gasteiger partial charge on any atom is 0.450 e. The van der Waals surface area contributed by atoms with Gasteiger partial charge in [-0.15, -0.1) is 0 Å². The molecule has 0 saturated carbocycles. The Morgan fingerprint density at radius 3 is 2.43 bits per heavy atom. The highest BCUT2D eigenvalue weighted by molar-refractivity contribution is 6.33. The molecule has 4 aromatic rings. The standard InChI is InChI=1S/C25H17ClF3NO5/c26-20-4-2-1-3-18(20)21-11-19(23(35-21)25(27,28)29)24(33)30-12-14-5-6-16-10-17(34-13-22(31)32)8-7-15(16)9-14/h1-11H,12-13H2,(H,30,33)(H,31,32). The fourth-order valence-corrected chi connectivity index (χ4v) is 3.69. The summed E-state index contributed by atoms with van der Waals surface area (Å²) in [6.07, 6.45) is -4.88. The first kappa shape index (κ1) is 24.2. The maximum absolute atomic E-state index is 13.6. The van der Waals surface area contributed by atoms with Crippen LogP contribution < -0.4 is 10.1 Å². The van der Waals surface area contributed by atoms with Crippen LogP contribution in [0.3, 0.4) is 0 Å². The fraction of sp³-hybridized carbons (Fsp3) is 0.120. The molecule has 0 spiro atoms. The molecule has 1 aromatic heterocycles. The van der Waals surface area contributed by atoms with Gasteiger partial charge in [-0.05, 0) is 52.7 Å². The number of halogens is 4. The molecule has 0 unspecified atom stereocenters. The first-order valence-corrected chi connectivity index (χ1v) is 10.6. The second-order valence-corrected chi connectivity index (χ2v) is 7.95. The van der Waals surface area contributed by atoms with E-state index in [0.29, 0.717) is 11.3 Å². The number of hydrogen-bond acceptors (Lipinski definition) is 4. The van der Waals surface area contributed by atoms with Gasteiger partial charge in [-0.3, -0.25) is 4.79 Å². The van der Waals surface area contributed by atoms with E-state index in [9.17, 15) is 22.8 Å². The van der Waals surface area contributed by atoms with Gasteiger partial charge in [-0.1, -0.05) is 41.9 Å². The zero-order valence-corrected chi connectivity index (χ0v) is 18.6. The average molecular weight is 504 g/mol. The van der Waals surface area contributed by atoms with Crippen molar-refractivity contribution in [1.29, 1.82) is 0 Å². The summed E-state index contributed by atoms with van der Waals surface area (Å²) in [6.45, 7) is -0.502. The lowest BCUT2D eigenvalue weighted by Gasteiger charge is -2.09. The average Bonchev–Trinajstić information content (AvgIpc) is 3.27. The summed E-state index contributed by atoms with van der Waals surface area (Å²) in [5.41, 5.74) is 0.238. The van der Waals surface area contributed by atoms with Crippen LogP contribution in [0.2, 0.25) is 5.02 Å². The Kier molecular flexibility index (Phi) is 6.70. The number of carboxylic acid groups (broad SMARTS) is 1. The number of ether oxygens (including phenoxy) is 1. The summed E-state index contributed by atoms with van der Waals surface area (Å²) in [5, 5.41) is 12.9. The number of furan rings is 1. The lowest BCUT2D eigenvalue weighted by molar-refractivity contribution is -0.153. The van der Waals surface area contributed by atoms with E-state index in [1.165, 1.54) is 12.1 Å². The van der Waals surface area contributed by atoms with Gasteiger partial charge in [0.15, 0.2) is 6.61 Å². The van der Waals surface area contributed by atoms with Crippen LogP contribution in [0.15, 0.2) is 71.1 Å². The van der Waals surface area contributed by atoms with Gasteiger partial charge < -0.3 is 19.6 Å². The Balaban J connectivity index is 1.53. The summed E-state index contributed by atoms with van der Waals surface area (Å²) < 4.78 is 50.8. The van der Waals surface area contributed by atoms with Crippen LogP contribution in [0.1, 0.15) is 21.7 Å². The minimum absolute atomic E-state index is 0.0318. The predicted molar refractivity (Wildman–Crippen MR) is 122 cm³/mol. The summed E-state index contributed by atoms with van der Waals surface area (Å²) in [4.78, 5) is 23.3. The van der Waals surface area contributed by atoms with Gasteiger partial charge in [-0.2, -0.15) is 13.2 Å². The van der Waals surface area contributed by atoms with Crippen molar-refractivity contribution in [2.24, 2.45) is 0 Å². The first-order valence-electron chi connectivity index (χ1n) is 10.2. The van der Waals surface area contributed by atoms with Crippen LogP contribution >= 0.6 is 11.6 Å². The fourth-order valence-electron chi connectivity index (χ4n) is 3.46. The smallest absolute Gasteiger partial charge is 0.450 e. The van der Waals surface area contributed by atoms with E-state index in [4.69, 9.17) is 25.9 Å². The molecule has 0 aliphatic rings. The summed E-state index contributed by atoms with van der Waals surface area (Å²) in [6, 6.07) is 17.4. The molecule has 0 bridgehead atoms. The van der Waals surface area contributed by atoms with Crippen molar-refractivity contribution in [3.8, 4) is 17.1 Å². The predicted octanol–water partition coefficient (Wildman–Crippen LogP) is 6.17. The molecule has 1 heterocycles. The number of alkyl halides is 3. The molecule has 0 aliphatic heterocycles. The van der Waals surface area contributed by atoms with Gasteiger partial charge in [0.1, 0.15) is 11.5 Å². The Labute approximate surface area is 201 Å². The van der Waals surface area contributed by atoms with Gasteiger partial charge in [0.05, 0.1) is 10.6 Å². The quantitative estimate of drug-likeness (QED) is 0.315. The Hall–Kier alpha value is -3.98. The van der Waals surface area contributed by atoms with Crippen LogP contribution in [0.25, 0.3) is 22.1 Å². The SMILES string of the molecule is O=C(O)COc1ccc2cc(CNC(=O)c3cc(-c4ccccc4Cl)oc3C(F)(F)F)ccc2c1. The van der Waals surface area contributed by atoms with E-state index in [1.807, 2.05) is 0 Å². The second-order valence-electron chi connectivity index (χ2n) is 7.54. The summed E-state index contributed by atoms with van der Waals surface area (Å²) in [7, 11) is 0. The number of carbonyl (C=O) groups is 2. The lowest BCUT2D eigenvalue weighted by Crippen LogP contribution is -2.24. The number of rotatable bonds is 7. The molecule has 35 heavy (non-hydrogen) atoms. The van der Waals surface area contributed by atoms with Crippen molar-refractivity contribution in [3.63, 3.8) is 0 Å². The molecule has 0 fully saturated rings. The van der Waals surface area contributed by atoms with Crippen LogP contribution in [0.4, 0.5) is 13.2 Å². The Morgan fingerprint density at radius 2 is 1.71 bits per heavy atom. The van der Waals surface area contributed by atoms with Gasteiger partial charge in [-0.25, -0.2) is 4.79 Å². The van der Waals surface area contributed by atoms with Crippen molar-refractivity contribution in [1.82, 2.24) is 5.32 Å². The molecule has 3 aromatic carbocycles. The minimum atomic E-state index is -4.88. The van der Waals surface area contributed by atoms with E-state index < -0.39 is 36.0 Å². The molecular weight excluding hydrogens is 487 g/mol. The zero-order valence-electron chi connectivity index (χ0n) is 17.9. The largest absolute Gasteiger partial charge is 0.482 e. The van der Waals surface area contributed by atoms with E-state index in [-0.39, 0.29) is 22.9 Å². The highest BCUT2D eigenvalue weighted by atomic mass is 35.5. The monoisotopic (exact) mass is 503 g/mol. The third kappa shape index (κ3) is 5.58. The molecule has 4 rings (SSSR count). The minimum Gasteiger partial charge on any atom is -0.482 e. The maximum atomic E-state index is 13.6. The summed E-state index contributed by atoms with van der Waals surface area (Å²) >= 11 is 6.07. The number of benzene rings is 3. The number of hydrogen-bond donors (Lipinski definition) is 2. The number of amides is 1. The molecule has 1 amide bonds. The van der Waals surface area contributed by atoms with Crippen molar-refractivity contribution in [2.75, 3.05) is 6.61 Å². The normalized spacial score (nSPS) is 11.4. The van der Waals surface area contributed by atoms with E-state index in [2.05, 4.69) is 5.32 Å². The first-order chi connectivity index (χ1) is 16.6. The Morgan fingerprint density at radius 1 is 1.00 bits per heavy atom. The highest BCUT2D eigenvalue weighted by Gasteiger charge is 2.40. The Bertz CT molecular complexity index is 1410. The topological polar surface area (TPSA) is 88.8 Å². The van der Waals surface area contributed by atoms with Gasteiger partial charge in [0.25, 0.3) is 5.91 Å². The lowest BCUT2D eigenvalue weighted by atomic mass is 10.1. The van der Waals surface area contributed by atoms with E-state index >= 15 is 0 Å². The van der Waals surface area contributed by atoms with Crippen LogP contribution in [-0.4, -0.2) is 23.6 Å². The molecule has 6 nitrogen and oxygen atoms in total. The number of carboxylic acids is 1. The molecule has 0 saturated heterocycles. The molecule has 0 aliphatic carbocycles. The van der Waals surface area contributed by atoms with E-state index in [0.717, 1.165) is 16.8 Å². The molecular formula is C25H17ClF3NO5. The van der Waals surface area contributed by atoms with Crippen molar-refractivity contribution >= 4 is 34.2 Å². The highest BCUT2D eigenvalue weighted by Crippen LogP contribution is 2.39. The van der Waals surface area contributed by atoms with Gasteiger partial charge in [0, 0.05) is 12.1 Å². The van der Waals surface area contributed by atoms with Crippen LogP contribution in [-0.2, 0) is 17.5 Å². The second kappa shape index (κ2) is 9.71. The number of fused-ring (bicyclic) bond motifs is 1. The van der Waals surface area contributed by atoms with E-state index in [1.54, 1.807) is 48.5 Å². The zero-order chi connectivity index (χ0) is 25.2. The third-order valence-electron chi connectivity index (χ3n) is 5.06. The number of nitrogens with one attached hydrogen (secondary N) is 1. The molecule has 0 radical (unpaired) electrons. The number of carbonyl (C=O) groups excluding carboxylic acids is 1.